The fraction of sp³-hybridized carbons (Fsp3) is 0.333. The van der Waals surface area contributed by atoms with Crippen molar-refractivity contribution in [2.45, 2.75) is 31.5 Å². The number of halogens is 7. The number of imidazole rings is 1. The van der Waals surface area contributed by atoms with Crippen LogP contribution in [0.3, 0.4) is 0 Å². The molecule has 0 bridgehead atoms. The lowest BCUT2D eigenvalue weighted by atomic mass is 10.1. The van der Waals surface area contributed by atoms with Gasteiger partial charge in [0.15, 0.2) is 11.5 Å². The van der Waals surface area contributed by atoms with Crippen LogP contribution in [0.1, 0.15) is 29.6 Å². The number of aromatic nitrogens is 5. The summed E-state index contributed by atoms with van der Waals surface area (Å²) in [5, 5.41) is 3.84. The van der Waals surface area contributed by atoms with Gasteiger partial charge in [0, 0.05) is 36.8 Å². The number of alkyl halides is 5. The van der Waals surface area contributed by atoms with Gasteiger partial charge in [-0.3, -0.25) is 14.2 Å². The van der Waals surface area contributed by atoms with E-state index in [0.717, 1.165) is 34.0 Å². The van der Waals surface area contributed by atoms with E-state index in [1.165, 1.54) is 0 Å². The Morgan fingerprint density at radius 3 is 2.57 bits per heavy atom. The third-order valence-electron chi connectivity index (χ3n) is 5.70. The molecule has 1 aliphatic heterocycles. The van der Waals surface area contributed by atoms with E-state index in [0.29, 0.717) is 10.7 Å². The van der Waals surface area contributed by atoms with Crippen molar-refractivity contribution in [1.29, 1.82) is 0 Å². The number of fused-ring (bicyclic) bond motifs is 2. The SMILES string of the molecule is O=C(c1cc2c(cn1)c(-c1cnc3c(F)cc(F)cn13)nn2C(F)C(F)F)N1CCCC(F)(F)C1. The molecule has 1 unspecified atom stereocenters. The molecule has 1 saturated heterocycles. The molecule has 0 aromatic carbocycles. The molecule has 1 aliphatic rings. The number of hydrogen-bond donors (Lipinski definition) is 0. The number of pyridine rings is 2. The van der Waals surface area contributed by atoms with Gasteiger partial charge in [-0.2, -0.15) is 5.10 Å². The van der Waals surface area contributed by atoms with Gasteiger partial charge >= 0.3 is 0 Å². The lowest BCUT2D eigenvalue weighted by Crippen LogP contribution is -2.45. The van der Waals surface area contributed by atoms with Gasteiger partial charge in [-0.05, 0) is 12.5 Å². The Kier molecular flexibility index (Phi) is 5.40. The number of nitrogens with zero attached hydrogens (tertiary/aromatic N) is 6. The number of hydrogen-bond acceptors (Lipinski definition) is 4. The van der Waals surface area contributed by atoms with Gasteiger partial charge in [0.25, 0.3) is 24.6 Å². The molecule has 35 heavy (non-hydrogen) atoms. The van der Waals surface area contributed by atoms with Crippen LogP contribution in [0.4, 0.5) is 30.7 Å². The van der Waals surface area contributed by atoms with E-state index in [4.69, 9.17) is 0 Å². The van der Waals surface area contributed by atoms with E-state index < -0.39 is 42.7 Å². The lowest BCUT2D eigenvalue weighted by molar-refractivity contribution is -0.0561. The van der Waals surface area contributed by atoms with Gasteiger partial charge in [-0.25, -0.2) is 40.4 Å². The minimum atomic E-state index is -3.50. The first kappa shape index (κ1) is 23.1. The zero-order valence-corrected chi connectivity index (χ0v) is 17.6. The maximum Gasteiger partial charge on any atom is 0.289 e. The zero-order chi connectivity index (χ0) is 25.1. The van der Waals surface area contributed by atoms with Crippen molar-refractivity contribution >= 4 is 22.5 Å². The van der Waals surface area contributed by atoms with Crippen molar-refractivity contribution in [3.8, 4) is 11.4 Å². The van der Waals surface area contributed by atoms with E-state index in [-0.39, 0.29) is 53.0 Å². The molecule has 4 aromatic rings. The third kappa shape index (κ3) is 3.96. The highest BCUT2D eigenvalue weighted by molar-refractivity contribution is 5.99. The maximum absolute atomic E-state index is 14.5. The fourth-order valence-corrected chi connectivity index (χ4v) is 4.12. The number of carbonyl (C=O) groups is 1. The van der Waals surface area contributed by atoms with Gasteiger partial charge in [0.1, 0.15) is 17.2 Å². The van der Waals surface area contributed by atoms with Gasteiger partial charge in [0.2, 0.25) is 0 Å². The van der Waals surface area contributed by atoms with Gasteiger partial charge < -0.3 is 4.90 Å². The summed E-state index contributed by atoms with van der Waals surface area (Å²) in [5.74, 6) is -5.93. The van der Waals surface area contributed by atoms with Gasteiger partial charge in [-0.1, -0.05) is 0 Å². The summed E-state index contributed by atoms with van der Waals surface area (Å²) in [5.41, 5.74) is -1.20. The summed E-state index contributed by atoms with van der Waals surface area (Å²) < 4.78 is 97.7. The molecule has 1 amide bonds. The second-order valence-electron chi connectivity index (χ2n) is 8.12. The number of piperidine rings is 1. The van der Waals surface area contributed by atoms with Crippen molar-refractivity contribution < 1.29 is 35.5 Å². The van der Waals surface area contributed by atoms with Crippen LogP contribution in [0.25, 0.3) is 27.9 Å². The standard InChI is InChI=1S/C21H15F7N6O/c22-10-4-12(23)19-30-7-15(33(19)8-10)16-11-6-29-13(5-14(11)34(31-16)18(26)17(24)25)20(35)32-3-1-2-21(27,28)9-32/h4-8,17-18H,1-3,9H2. The number of rotatable bonds is 4. The quantitative estimate of drug-likeness (QED) is 0.384. The third-order valence-corrected chi connectivity index (χ3v) is 5.70. The molecule has 4 aromatic heterocycles. The molecule has 5 rings (SSSR count). The molecule has 1 fully saturated rings. The molecule has 7 nitrogen and oxygen atoms in total. The first-order valence-corrected chi connectivity index (χ1v) is 10.4. The Morgan fingerprint density at radius 2 is 1.86 bits per heavy atom. The average Bonchev–Trinajstić information content (AvgIpc) is 3.38. The molecule has 0 aliphatic carbocycles. The molecular formula is C21H15F7N6O. The average molecular weight is 500 g/mol. The summed E-state index contributed by atoms with van der Waals surface area (Å²) in [6, 6.07) is 1.57. The minimum absolute atomic E-state index is 0.0275. The van der Waals surface area contributed by atoms with Crippen LogP contribution in [-0.4, -0.2) is 60.4 Å². The lowest BCUT2D eigenvalue weighted by Gasteiger charge is -2.32. The highest BCUT2D eigenvalue weighted by atomic mass is 19.3. The van der Waals surface area contributed by atoms with E-state index in [1.807, 2.05) is 0 Å². The van der Waals surface area contributed by atoms with Gasteiger partial charge in [0.05, 0.1) is 24.0 Å². The van der Waals surface area contributed by atoms with E-state index in [9.17, 15) is 35.5 Å². The van der Waals surface area contributed by atoms with Crippen LogP contribution in [-0.2, 0) is 0 Å². The summed E-state index contributed by atoms with van der Waals surface area (Å²) >= 11 is 0. The molecule has 5 heterocycles. The molecule has 0 saturated carbocycles. The topological polar surface area (TPSA) is 68.3 Å². The summed E-state index contributed by atoms with van der Waals surface area (Å²) in [4.78, 5) is 21.5. The molecule has 184 valence electrons. The van der Waals surface area contributed by atoms with Crippen molar-refractivity contribution in [1.82, 2.24) is 29.0 Å². The Labute approximate surface area is 191 Å². The Morgan fingerprint density at radius 1 is 1.09 bits per heavy atom. The smallest absolute Gasteiger partial charge is 0.289 e. The van der Waals surface area contributed by atoms with Gasteiger partial charge in [-0.15, -0.1) is 0 Å². The Hall–Kier alpha value is -3.71. The molecule has 14 heteroatoms. The largest absolute Gasteiger partial charge is 0.331 e. The van der Waals surface area contributed by atoms with Crippen LogP contribution in [0, 0.1) is 11.6 Å². The highest BCUT2D eigenvalue weighted by Gasteiger charge is 2.38. The minimum Gasteiger partial charge on any atom is -0.331 e. The second kappa shape index (κ2) is 8.20. The van der Waals surface area contributed by atoms with E-state index >= 15 is 0 Å². The summed E-state index contributed by atoms with van der Waals surface area (Å²) in [6.07, 6.45) is -3.75. The van der Waals surface area contributed by atoms with Crippen molar-refractivity contribution in [2.75, 3.05) is 13.1 Å². The van der Waals surface area contributed by atoms with E-state index in [2.05, 4.69) is 15.1 Å². The van der Waals surface area contributed by atoms with E-state index in [1.54, 1.807) is 0 Å². The summed E-state index contributed by atoms with van der Waals surface area (Å²) in [6.45, 7) is -0.794. The Bertz CT molecular complexity index is 1450. The molecule has 0 radical (unpaired) electrons. The zero-order valence-electron chi connectivity index (χ0n) is 17.6. The van der Waals surface area contributed by atoms with Crippen LogP contribution >= 0.6 is 0 Å². The normalized spacial score (nSPS) is 17.0. The first-order valence-electron chi connectivity index (χ1n) is 10.4. The van der Waals surface area contributed by atoms with Crippen molar-refractivity contribution in [2.24, 2.45) is 0 Å². The van der Waals surface area contributed by atoms with Crippen molar-refractivity contribution in [3.63, 3.8) is 0 Å². The number of amides is 1. The van der Waals surface area contributed by atoms with Crippen molar-refractivity contribution in [3.05, 3.63) is 48.1 Å². The Balaban J connectivity index is 1.66. The highest BCUT2D eigenvalue weighted by Crippen LogP contribution is 2.33. The molecule has 1 atom stereocenters. The second-order valence-corrected chi connectivity index (χ2v) is 8.12. The fourth-order valence-electron chi connectivity index (χ4n) is 4.12. The maximum atomic E-state index is 14.5. The number of likely N-dealkylation sites (tertiary alicyclic amines) is 1. The number of carbonyl (C=O) groups excluding carboxylic acids is 1. The van der Waals surface area contributed by atoms with Crippen LogP contribution in [0.15, 0.2) is 30.7 Å². The predicted molar refractivity (Wildman–Crippen MR) is 108 cm³/mol. The summed E-state index contributed by atoms with van der Waals surface area (Å²) in [7, 11) is 0. The molecular weight excluding hydrogens is 485 g/mol. The predicted octanol–water partition coefficient (Wildman–Crippen LogP) is 4.63. The molecule has 0 N–H and O–H groups in total. The first-order chi connectivity index (χ1) is 16.6. The molecule has 0 spiro atoms. The van der Waals surface area contributed by atoms with Crippen LogP contribution < -0.4 is 0 Å². The van der Waals surface area contributed by atoms with Crippen LogP contribution in [0.5, 0.6) is 0 Å². The monoisotopic (exact) mass is 500 g/mol. The van der Waals surface area contributed by atoms with Crippen LogP contribution in [0.2, 0.25) is 0 Å².